The van der Waals surface area contributed by atoms with Crippen LogP contribution in [0.25, 0.3) is 6.08 Å². The number of rotatable bonds is 7. The number of anilines is 1. The Morgan fingerprint density at radius 2 is 1.53 bits per heavy atom. The molecule has 0 atom stereocenters. The van der Waals surface area contributed by atoms with Crippen molar-refractivity contribution in [3.63, 3.8) is 0 Å². The molecule has 2 N–H and O–H groups in total. The molecule has 30 heavy (non-hydrogen) atoms. The van der Waals surface area contributed by atoms with Crippen molar-refractivity contribution in [1.29, 1.82) is 0 Å². The van der Waals surface area contributed by atoms with Crippen LogP contribution < -0.4 is 4.72 Å². The first-order chi connectivity index (χ1) is 14.2. The molecule has 0 fully saturated rings. The summed E-state index contributed by atoms with van der Waals surface area (Å²) in [6.45, 7) is 4.15. The molecule has 0 aromatic heterocycles. The zero-order chi connectivity index (χ0) is 21.7. The zero-order valence-electron chi connectivity index (χ0n) is 16.5. The molecule has 3 aromatic rings. The Bertz CT molecular complexity index is 1180. The third-order valence-electron chi connectivity index (χ3n) is 4.43. The molecule has 7 heteroatoms. The number of hydrogen-bond donors (Lipinski definition) is 2. The van der Waals surface area contributed by atoms with E-state index >= 15 is 0 Å². The van der Waals surface area contributed by atoms with Gasteiger partial charge in [0.25, 0.3) is 10.0 Å². The van der Waals surface area contributed by atoms with Gasteiger partial charge in [0.05, 0.1) is 4.90 Å². The molecule has 0 unspecified atom stereocenters. The Kier molecular flexibility index (Phi) is 6.64. The number of hydrogen-bond acceptors (Lipinski definition) is 4. The average molecular weight is 440 g/mol. The molecule has 0 aliphatic carbocycles. The minimum absolute atomic E-state index is 0.101. The number of aliphatic carboxylic acids is 1. The van der Waals surface area contributed by atoms with Gasteiger partial charge in [0, 0.05) is 21.6 Å². The summed E-state index contributed by atoms with van der Waals surface area (Å²) >= 11 is 1.62. The number of carboxylic acids is 1. The van der Waals surface area contributed by atoms with E-state index in [4.69, 9.17) is 5.11 Å². The number of aryl methyl sites for hydroxylation is 2. The average Bonchev–Trinajstić information content (AvgIpc) is 2.71. The third kappa shape index (κ3) is 5.75. The lowest BCUT2D eigenvalue weighted by molar-refractivity contribution is -0.131. The normalized spacial score (nSPS) is 11.5. The summed E-state index contributed by atoms with van der Waals surface area (Å²) in [5.74, 6) is -1.06. The first-order valence-corrected chi connectivity index (χ1v) is 11.4. The van der Waals surface area contributed by atoms with Gasteiger partial charge in [0.2, 0.25) is 0 Å². The highest BCUT2D eigenvalue weighted by molar-refractivity contribution is 7.99. The van der Waals surface area contributed by atoms with Crippen molar-refractivity contribution in [3.8, 4) is 0 Å². The van der Waals surface area contributed by atoms with Crippen LogP contribution in [0.2, 0.25) is 0 Å². The van der Waals surface area contributed by atoms with Crippen LogP contribution in [0.5, 0.6) is 0 Å². The van der Waals surface area contributed by atoms with E-state index in [0.29, 0.717) is 11.3 Å². The number of sulfonamides is 1. The van der Waals surface area contributed by atoms with Crippen LogP contribution >= 0.6 is 11.8 Å². The van der Waals surface area contributed by atoms with Gasteiger partial charge >= 0.3 is 5.97 Å². The van der Waals surface area contributed by atoms with Gasteiger partial charge in [-0.2, -0.15) is 0 Å². The first kappa shape index (κ1) is 21.7. The minimum Gasteiger partial charge on any atom is -0.478 e. The van der Waals surface area contributed by atoms with E-state index in [9.17, 15) is 13.2 Å². The largest absolute Gasteiger partial charge is 0.478 e. The molecule has 0 saturated carbocycles. The van der Waals surface area contributed by atoms with E-state index < -0.39 is 16.0 Å². The van der Waals surface area contributed by atoms with Crippen molar-refractivity contribution in [3.05, 3.63) is 89.5 Å². The molecule has 0 amide bonds. The number of carboxylic acid groups (broad SMARTS) is 1. The predicted molar refractivity (Wildman–Crippen MR) is 120 cm³/mol. The van der Waals surface area contributed by atoms with Crippen molar-refractivity contribution in [1.82, 2.24) is 0 Å². The molecule has 0 saturated heterocycles. The second-order valence-corrected chi connectivity index (χ2v) is 9.55. The van der Waals surface area contributed by atoms with Gasteiger partial charge in [-0.1, -0.05) is 30.0 Å². The Hall–Kier alpha value is -3.03. The summed E-state index contributed by atoms with van der Waals surface area (Å²) in [5, 5.41) is 8.65. The third-order valence-corrected chi connectivity index (χ3v) is 6.82. The lowest BCUT2D eigenvalue weighted by Gasteiger charge is -2.10. The van der Waals surface area contributed by atoms with Crippen LogP contribution in [-0.2, 0) is 14.8 Å². The Labute approximate surface area is 180 Å². The Balaban J connectivity index is 1.69. The Morgan fingerprint density at radius 1 is 0.900 bits per heavy atom. The topological polar surface area (TPSA) is 83.5 Å². The van der Waals surface area contributed by atoms with Crippen LogP contribution in [0.4, 0.5) is 5.69 Å². The predicted octanol–water partition coefficient (Wildman–Crippen LogP) is 5.35. The SMILES string of the molecule is Cc1ccc(Sc2ccc(NS(=O)(=O)c3ccc(C=CC(=O)O)cc3)cc2)cc1C. The molecule has 3 rings (SSSR count). The maximum absolute atomic E-state index is 12.6. The fourth-order valence-electron chi connectivity index (χ4n) is 2.64. The monoisotopic (exact) mass is 439 g/mol. The van der Waals surface area contributed by atoms with Crippen molar-refractivity contribution >= 4 is 39.5 Å². The molecule has 0 heterocycles. The van der Waals surface area contributed by atoms with Gasteiger partial charge < -0.3 is 5.11 Å². The quantitative estimate of drug-likeness (QED) is 0.485. The highest BCUT2D eigenvalue weighted by atomic mass is 32.2. The van der Waals surface area contributed by atoms with E-state index in [2.05, 4.69) is 36.8 Å². The number of nitrogens with one attached hydrogen (secondary N) is 1. The van der Waals surface area contributed by atoms with Crippen LogP contribution in [0.3, 0.4) is 0 Å². The zero-order valence-corrected chi connectivity index (χ0v) is 18.1. The fraction of sp³-hybridized carbons (Fsp3) is 0.0870. The Morgan fingerprint density at radius 3 is 2.13 bits per heavy atom. The summed E-state index contributed by atoms with van der Waals surface area (Å²) in [6.07, 6.45) is 2.40. The van der Waals surface area contributed by atoms with E-state index in [1.54, 1.807) is 36.0 Å². The first-order valence-electron chi connectivity index (χ1n) is 9.12. The van der Waals surface area contributed by atoms with E-state index in [1.165, 1.54) is 29.3 Å². The second-order valence-electron chi connectivity index (χ2n) is 6.72. The van der Waals surface area contributed by atoms with E-state index in [0.717, 1.165) is 15.9 Å². The van der Waals surface area contributed by atoms with Gasteiger partial charge in [-0.15, -0.1) is 0 Å². The summed E-state index contributed by atoms with van der Waals surface area (Å²) in [5.41, 5.74) is 3.54. The fourth-order valence-corrected chi connectivity index (χ4v) is 4.62. The number of benzene rings is 3. The van der Waals surface area contributed by atoms with Crippen LogP contribution in [0.15, 0.2) is 87.5 Å². The lowest BCUT2D eigenvalue weighted by Crippen LogP contribution is -2.12. The molecule has 154 valence electrons. The van der Waals surface area contributed by atoms with Crippen LogP contribution in [0.1, 0.15) is 16.7 Å². The van der Waals surface area contributed by atoms with E-state index in [-0.39, 0.29) is 4.90 Å². The minimum atomic E-state index is -3.74. The molecule has 0 spiro atoms. The van der Waals surface area contributed by atoms with E-state index in [1.807, 2.05) is 12.1 Å². The van der Waals surface area contributed by atoms with Gasteiger partial charge in [-0.3, -0.25) is 4.72 Å². The molecule has 0 radical (unpaired) electrons. The molecular weight excluding hydrogens is 418 g/mol. The summed E-state index contributed by atoms with van der Waals surface area (Å²) in [6, 6.07) is 19.5. The van der Waals surface area contributed by atoms with Crippen molar-refractivity contribution in [2.75, 3.05) is 4.72 Å². The lowest BCUT2D eigenvalue weighted by atomic mass is 10.1. The van der Waals surface area contributed by atoms with Gasteiger partial charge in [-0.25, -0.2) is 13.2 Å². The summed E-state index contributed by atoms with van der Waals surface area (Å²) in [4.78, 5) is 12.8. The van der Waals surface area contributed by atoms with Crippen molar-refractivity contribution < 1.29 is 18.3 Å². The molecule has 0 aliphatic heterocycles. The van der Waals surface area contributed by atoms with Crippen molar-refractivity contribution in [2.45, 2.75) is 28.5 Å². The van der Waals surface area contributed by atoms with Gasteiger partial charge in [0.1, 0.15) is 0 Å². The standard InChI is InChI=1S/C23H21NO4S2/c1-16-3-9-21(15-17(16)2)29-20-10-7-19(8-11-20)24-30(27,28)22-12-4-18(5-13-22)6-14-23(25)26/h3-15,24H,1-2H3,(H,25,26). The van der Waals surface area contributed by atoms with Crippen LogP contribution in [0, 0.1) is 13.8 Å². The smallest absolute Gasteiger partial charge is 0.328 e. The maximum Gasteiger partial charge on any atom is 0.328 e. The van der Waals surface area contributed by atoms with Crippen LogP contribution in [-0.4, -0.2) is 19.5 Å². The highest BCUT2D eigenvalue weighted by Crippen LogP contribution is 2.30. The van der Waals surface area contributed by atoms with Gasteiger partial charge in [-0.05, 0) is 85.1 Å². The maximum atomic E-state index is 12.6. The number of carbonyl (C=O) groups is 1. The molecule has 5 nitrogen and oxygen atoms in total. The molecule has 0 aliphatic rings. The molecule has 3 aromatic carbocycles. The molecular formula is C23H21NO4S2. The highest BCUT2D eigenvalue weighted by Gasteiger charge is 2.14. The van der Waals surface area contributed by atoms with Gasteiger partial charge in [0.15, 0.2) is 0 Å². The molecule has 0 bridgehead atoms. The summed E-state index contributed by atoms with van der Waals surface area (Å²) < 4.78 is 27.8. The van der Waals surface area contributed by atoms with Crippen molar-refractivity contribution in [2.24, 2.45) is 0 Å². The summed E-state index contributed by atoms with van der Waals surface area (Å²) in [7, 11) is -3.74. The second kappa shape index (κ2) is 9.19.